The van der Waals surface area contributed by atoms with E-state index in [1.165, 1.54) is 18.4 Å². The lowest BCUT2D eigenvalue weighted by Gasteiger charge is -2.22. The van der Waals surface area contributed by atoms with Crippen LogP contribution in [0.5, 0.6) is 0 Å². The SMILES string of the molecule is CCC(CC)C(C)NCc1ccccc1N. The Morgan fingerprint density at radius 2 is 1.81 bits per heavy atom. The van der Waals surface area contributed by atoms with Gasteiger partial charge in [-0.15, -0.1) is 0 Å². The van der Waals surface area contributed by atoms with Gasteiger partial charge in [0.25, 0.3) is 0 Å². The molecule has 1 unspecified atom stereocenters. The van der Waals surface area contributed by atoms with Crippen LogP contribution in [0.2, 0.25) is 0 Å². The van der Waals surface area contributed by atoms with E-state index in [0.29, 0.717) is 6.04 Å². The van der Waals surface area contributed by atoms with Crippen LogP contribution >= 0.6 is 0 Å². The molecule has 0 bridgehead atoms. The van der Waals surface area contributed by atoms with Crippen molar-refractivity contribution in [3.05, 3.63) is 29.8 Å². The van der Waals surface area contributed by atoms with Crippen molar-refractivity contribution in [3.63, 3.8) is 0 Å². The summed E-state index contributed by atoms with van der Waals surface area (Å²) in [6, 6.07) is 8.61. The molecule has 0 heterocycles. The van der Waals surface area contributed by atoms with Crippen LogP contribution in [0.15, 0.2) is 24.3 Å². The van der Waals surface area contributed by atoms with Crippen molar-refractivity contribution >= 4 is 5.69 Å². The van der Waals surface area contributed by atoms with Gasteiger partial charge in [-0.25, -0.2) is 0 Å². The molecule has 16 heavy (non-hydrogen) atoms. The highest BCUT2D eigenvalue weighted by Crippen LogP contribution is 2.15. The minimum absolute atomic E-state index is 0.551. The highest BCUT2D eigenvalue weighted by molar-refractivity contribution is 5.46. The average Bonchev–Trinajstić information content (AvgIpc) is 2.29. The fourth-order valence-electron chi connectivity index (χ4n) is 2.13. The van der Waals surface area contributed by atoms with Gasteiger partial charge in [0.2, 0.25) is 0 Å². The Labute approximate surface area is 99.2 Å². The molecule has 2 nitrogen and oxygen atoms in total. The molecule has 2 heteroatoms. The fourth-order valence-corrected chi connectivity index (χ4v) is 2.13. The summed E-state index contributed by atoms with van der Waals surface area (Å²) in [6.07, 6.45) is 2.46. The highest BCUT2D eigenvalue weighted by Gasteiger charge is 2.12. The van der Waals surface area contributed by atoms with Crippen LogP contribution in [0.25, 0.3) is 0 Å². The Hall–Kier alpha value is -1.02. The van der Waals surface area contributed by atoms with Crippen molar-refractivity contribution in [3.8, 4) is 0 Å². The smallest absolute Gasteiger partial charge is 0.0359 e. The number of para-hydroxylation sites is 1. The van der Waals surface area contributed by atoms with Crippen molar-refractivity contribution in [1.29, 1.82) is 0 Å². The molecule has 0 aliphatic carbocycles. The van der Waals surface area contributed by atoms with Gasteiger partial charge in [-0.1, -0.05) is 44.9 Å². The Balaban J connectivity index is 2.48. The molecule has 1 atom stereocenters. The Bertz CT molecular complexity index is 305. The van der Waals surface area contributed by atoms with E-state index >= 15 is 0 Å². The van der Waals surface area contributed by atoms with Gasteiger partial charge in [0.1, 0.15) is 0 Å². The zero-order valence-corrected chi connectivity index (χ0v) is 10.7. The Morgan fingerprint density at radius 3 is 2.38 bits per heavy atom. The van der Waals surface area contributed by atoms with Crippen LogP contribution in [-0.4, -0.2) is 6.04 Å². The third-order valence-electron chi connectivity index (χ3n) is 3.43. The molecule has 0 saturated carbocycles. The maximum Gasteiger partial charge on any atom is 0.0359 e. The van der Waals surface area contributed by atoms with Crippen LogP contribution in [-0.2, 0) is 6.54 Å². The zero-order valence-electron chi connectivity index (χ0n) is 10.7. The normalized spacial score (nSPS) is 13.0. The van der Waals surface area contributed by atoms with E-state index in [2.05, 4.69) is 32.2 Å². The van der Waals surface area contributed by atoms with Crippen molar-refractivity contribution in [2.75, 3.05) is 5.73 Å². The van der Waals surface area contributed by atoms with E-state index in [1.54, 1.807) is 0 Å². The maximum absolute atomic E-state index is 5.91. The standard InChI is InChI=1S/C14H24N2/c1-4-12(5-2)11(3)16-10-13-8-6-7-9-14(13)15/h6-9,11-12,16H,4-5,10,15H2,1-3H3. The largest absolute Gasteiger partial charge is 0.398 e. The first-order chi connectivity index (χ1) is 7.69. The van der Waals surface area contributed by atoms with Gasteiger partial charge in [0.05, 0.1) is 0 Å². The first kappa shape index (κ1) is 13.0. The third kappa shape index (κ3) is 3.53. The number of nitrogen functional groups attached to an aromatic ring is 1. The second-order valence-corrected chi connectivity index (χ2v) is 4.44. The van der Waals surface area contributed by atoms with E-state index in [-0.39, 0.29) is 0 Å². The predicted octanol–water partition coefficient (Wildman–Crippen LogP) is 3.18. The summed E-state index contributed by atoms with van der Waals surface area (Å²) < 4.78 is 0. The molecule has 3 N–H and O–H groups in total. The lowest BCUT2D eigenvalue weighted by atomic mass is 9.95. The Kier molecular flexibility index (Phi) is 5.33. The number of rotatable bonds is 6. The molecule has 0 saturated heterocycles. The van der Waals surface area contributed by atoms with Gasteiger partial charge in [0, 0.05) is 18.3 Å². The average molecular weight is 220 g/mol. The minimum Gasteiger partial charge on any atom is -0.398 e. The molecule has 0 radical (unpaired) electrons. The number of anilines is 1. The van der Waals surface area contributed by atoms with Gasteiger partial charge in [0.15, 0.2) is 0 Å². The summed E-state index contributed by atoms with van der Waals surface area (Å²) in [4.78, 5) is 0. The van der Waals surface area contributed by atoms with Crippen LogP contribution in [0.1, 0.15) is 39.2 Å². The monoisotopic (exact) mass is 220 g/mol. The number of nitrogens with two attached hydrogens (primary N) is 1. The van der Waals surface area contributed by atoms with Gasteiger partial charge in [-0.3, -0.25) is 0 Å². The molecule has 0 fully saturated rings. The molecular weight excluding hydrogens is 196 g/mol. The molecule has 1 rings (SSSR count). The number of nitrogens with one attached hydrogen (secondary N) is 1. The molecular formula is C14H24N2. The predicted molar refractivity (Wildman–Crippen MR) is 71.2 cm³/mol. The number of hydrogen-bond acceptors (Lipinski definition) is 2. The molecule has 1 aromatic carbocycles. The topological polar surface area (TPSA) is 38.0 Å². The zero-order chi connectivity index (χ0) is 12.0. The summed E-state index contributed by atoms with van der Waals surface area (Å²) in [5.74, 6) is 0.755. The van der Waals surface area contributed by atoms with Gasteiger partial charge in [-0.2, -0.15) is 0 Å². The van der Waals surface area contributed by atoms with Crippen LogP contribution < -0.4 is 11.1 Å². The summed E-state index contributed by atoms with van der Waals surface area (Å²) in [5, 5.41) is 3.56. The van der Waals surface area contributed by atoms with E-state index in [9.17, 15) is 0 Å². The second-order valence-electron chi connectivity index (χ2n) is 4.44. The summed E-state index contributed by atoms with van der Waals surface area (Å²) >= 11 is 0. The van der Waals surface area contributed by atoms with E-state index in [0.717, 1.165) is 18.2 Å². The fraction of sp³-hybridized carbons (Fsp3) is 0.571. The molecule has 90 valence electrons. The van der Waals surface area contributed by atoms with E-state index in [1.807, 2.05) is 18.2 Å². The van der Waals surface area contributed by atoms with Crippen molar-refractivity contribution < 1.29 is 0 Å². The molecule has 0 amide bonds. The Morgan fingerprint density at radius 1 is 1.19 bits per heavy atom. The van der Waals surface area contributed by atoms with Gasteiger partial charge >= 0.3 is 0 Å². The van der Waals surface area contributed by atoms with Crippen molar-refractivity contribution in [2.45, 2.75) is 46.2 Å². The lowest BCUT2D eigenvalue weighted by Crippen LogP contribution is -2.32. The van der Waals surface area contributed by atoms with Gasteiger partial charge < -0.3 is 11.1 Å². The molecule has 0 aliphatic rings. The first-order valence-electron chi connectivity index (χ1n) is 6.25. The number of benzene rings is 1. The second kappa shape index (κ2) is 6.54. The van der Waals surface area contributed by atoms with Crippen LogP contribution in [0.3, 0.4) is 0 Å². The minimum atomic E-state index is 0.551. The molecule has 0 spiro atoms. The van der Waals surface area contributed by atoms with E-state index in [4.69, 9.17) is 5.73 Å². The molecule has 1 aromatic rings. The summed E-state index contributed by atoms with van der Waals surface area (Å²) in [6.45, 7) is 7.63. The van der Waals surface area contributed by atoms with Crippen molar-refractivity contribution in [1.82, 2.24) is 5.32 Å². The quantitative estimate of drug-likeness (QED) is 0.723. The van der Waals surface area contributed by atoms with E-state index < -0.39 is 0 Å². The maximum atomic E-state index is 5.91. The third-order valence-corrected chi connectivity index (χ3v) is 3.43. The summed E-state index contributed by atoms with van der Waals surface area (Å²) in [7, 11) is 0. The molecule has 0 aromatic heterocycles. The van der Waals surface area contributed by atoms with Gasteiger partial charge in [-0.05, 0) is 24.5 Å². The highest BCUT2D eigenvalue weighted by atomic mass is 14.9. The number of hydrogen-bond donors (Lipinski definition) is 2. The lowest BCUT2D eigenvalue weighted by molar-refractivity contribution is 0.353. The molecule has 0 aliphatic heterocycles. The first-order valence-corrected chi connectivity index (χ1v) is 6.25. The van der Waals surface area contributed by atoms with Crippen molar-refractivity contribution in [2.24, 2.45) is 5.92 Å². The van der Waals surface area contributed by atoms with Crippen LogP contribution in [0, 0.1) is 5.92 Å². The van der Waals surface area contributed by atoms with Crippen LogP contribution in [0.4, 0.5) is 5.69 Å². The summed E-state index contributed by atoms with van der Waals surface area (Å²) in [5.41, 5.74) is 7.98.